The summed E-state index contributed by atoms with van der Waals surface area (Å²) in [5.74, 6) is 0.0882. The largest absolute Gasteiger partial charge is 0.325 e. The van der Waals surface area contributed by atoms with Crippen LogP contribution in [0.25, 0.3) is 0 Å². The summed E-state index contributed by atoms with van der Waals surface area (Å²) in [5.41, 5.74) is 1.88. The molecule has 0 aromatic heterocycles. The lowest BCUT2D eigenvalue weighted by atomic mass is 10.2. The highest BCUT2D eigenvalue weighted by atomic mass is 79.9. The Labute approximate surface area is 103 Å². The molecule has 0 aliphatic rings. The van der Waals surface area contributed by atoms with Gasteiger partial charge < -0.3 is 5.32 Å². The molecule has 0 saturated heterocycles. The number of halogens is 2. The van der Waals surface area contributed by atoms with Crippen LogP contribution in [0.1, 0.15) is 12.5 Å². The van der Waals surface area contributed by atoms with Gasteiger partial charge in [-0.3, -0.25) is 4.79 Å². The van der Waals surface area contributed by atoms with Gasteiger partial charge in [0.05, 0.1) is 5.69 Å². The van der Waals surface area contributed by atoms with Gasteiger partial charge in [-0.25, -0.2) is 0 Å². The predicted octanol–water partition coefficient (Wildman–Crippen LogP) is 3.57. The minimum Gasteiger partial charge on any atom is -0.325 e. The topological polar surface area (TPSA) is 29.1 Å². The van der Waals surface area contributed by atoms with E-state index in [1.54, 1.807) is 6.92 Å². The summed E-state index contributed by atoms with van der Waals surface area (Å²) in [4.78, 5) is 11.6. The summed E-state index contributed by atoms with van der Waals surface area (Å²) in [6.45, 7) is 3.77. The smallest absolute Gasteiger partial charge is 0.228 e. The van der Waals surface area contributed by atoms with Gasteiger partial charge in [0.2, 0.25) is 5.91 Å². The average Bonchev–Trinajstić information content (AvgIpc) is 2.23. The van der Waals surface area contributed by atoms with Crippen LogP contribution in [-0.2, 0) is 4.79 Å². The van der Waals surface area contributed by atoms with E-state index in [-0.39, 0.29) is 11.8 Å². The molecule has 1 aromatic rings. The molecule has 0 radical (unpaired) electrons. The molecule has 0 bridgehead atoms. The van der Waals surface area contributed by atoms with Crippen LogP contribution in [-0.4, -0.2) is 11.8 Å². The van der Waals surface area contributed by atoms with Gasteiger partial charge in [-0.2, -0.15) is 0 Å². The third-order valence-corrected chi connectivity index (χ3v) is 3.64. The summed E-state index contributed by atoms with van der Waals surface area (Å²) < 4.78 is 0.917. The Morgan fingerprint density at radius 2 is 2.27 bits per heavy atom. The molecular weight excluding hydrogens is 277 g/mol. The van der Waals surface area contributed by atoms with Crippen molar-refractivity contribution in [2.45, 2.75) is 13.8 Å². The first-order chi connectivity index (χ1) is 7.06. The summed E-state index contributed by atoms with van der Waals surface area (Å²) in [6, 6.07) is 5.74. The van der Waals surface area contributed by atoms with Gasteiger partial charge in [-0.05, 0) is 34.5 Å². The Morgan fingerprint density at radius 3 is 2.87 bits per heavy atom. The first-order valence-corrected chi connectivity index (χ1v) is 6.01. The van der Waals surface area contributed by atoms with Crippen molar-refractivity contribution >= 4 is 39.1 Å². The third-order valence-electron chi connectivity index (χ3n) is 2.13. The van der Waals surface area contributed by atoms with E-state index in [2.05, 4.69) is 21.2 Å². The summed E-state index contributed by atoms with van der Waals surface area (Å²) in [7, 11) is 0. The number of hydrogen-bond donors (Lipinski definition) is 1. The monoisotopic (exact) mass is 289 g/mol. The summed E-state index contributed by atoms with van der Waals surface area (Å²) in [6.07, 6.45) is 0. The number of nitrogens with one attached hydrogen (secondary N) is 1. The molecular formula is C11H13BrClNO. The van der Waals surface area contributed by atoms with Gasteiger partial charge in [0, 0.05) is 16.3 Å². The van der Waals surface area contributed by atoms with Crippen molar-refractivity contribution in [1.82, 2.24) is 0 Å². The number of rotatable bonds is 3. The zero-order valence-electron chi connectivity index (χ0n) is 8.68. The van der Waals surface area contributed by atoms with Crippen LogP contribution in [0.3, 0.4) is 0 Å². The molecule has 1 atom stereocenters. The number of carbonyl (C=O) groups excluding carboxylic acids is 1. The molecule has 0 spiro atoms. The lowest BCUT2D eigenvalue weighted by molar-refractivity contribution is -0.118. The fourth-order valence-corrected chi connectivity index (χ4v) is 1.57. The van der Waals surface area contributed by atoms with Crippen LogP contribution in [0.4, 0.5) is 5.69 Å². The van der Waals surface area contributed by atoms with Crippen LogP contribution >= 0.6 is 27.5 Å². The number of anilines is 1. The minimum absolute atomic E-state index is 0.0590. The number of benzene rings is 1. The molecule has 1 amide bonds. The first kappa shape index (κ1) is 12.5. The Kier molecular flexibility index (Phi) is 4.61. The molecule has 0 heterocycles. The molecule has 0 fully saturated rings. The molecule has 1 aromatic carbocycles. The van der Waals surface area contributed by atoms with Gasteiger partial charge in [0.15, 0.2) is 0 Å². The zero-order chi connectivity index (χ0) is 11.4. The molecule has 4 heteroatoms. The summed E-state index contributed by atoms with van der Waals surface area (Å²) >= 11 is 9.04. The van der Waals surface area contributed by atoms with E-state index < -0.39 is 0 Å². The first-order valence-electron chi connectivity index (χ1n) is 4.68. The SMILES string of the molecule is Cc1cccc(NC(=O)C(C)CCl)c1Br. The van der Waals surface area contributed by atoms with Crippen LogP contribution in [0.5, 0.6) is 0 Å². The molecule has 15 heavy (non-hydrogen) atoms. The van der Waals surface area contributed by atoms with Gasteiger partial charge in [-0.1, -0.05) is 19.1 Å². The maximum Gasteiger partial charge on any atom is 0.228 e. The Balaban J connectivity index is 2.81. The quantitative estimate of drug-likeness (QED) is 0.847. The van der Waals surface area contributed by atoms with Crippen molar-refractivity contribution in [1.29, 1.82) is 0 Å². The van der Waals surface area contributed by atoms with E-state index in [1.807, 2.05) is 25.1 Å². The fraction of sp³-hybridized carbons (Fsp3) is 0.364. The number of carbonyl (C=O) groups is 1. The van der Waals surface area contributed by atoms with Crippen LogP contribution in [0.2, 0.25) is 0 Å². The van der Waals surface area contributed by atoms with E-state index in [0.29, 0.717) is 5.88 Å². The maximum atomic E-state index is 11.6. The number of hydrogen-bond acceptors (Lipinski definition) is 1. The number of aryl methyl sites for hydroxylation is 1. The molecule has 1 unspecified atom stereocenters. The second-order valence-electron chi connectivity index (χ2n) is 3.48. The fourth-order valence-electron chi connectivity index (χ4n) is 1.07. The highest BCUT2D eigenvalue weighted by Crippen LogP contribution is 2.26. The Hall–Kier alpha value is -0.540. The summed E-state index contributed by atoms with van der Waals surface area (Å²) in [5, 5.41) is 2.83. The van der Waals surface area contributed by atoms with Gasteiger partial charge >= 0.3 is 0 Å². The van der Waals surface area contributed by atoms with Crippen molar-refractivity contribution in [2.75, 3.05) is 11.2 Å². The molecule has 0 aliphatic carbocycles. The maximum absolute atomic E-state index is 11.6. The molecule has 1 N–H and O–H groups in total. The second kappa shape index (κ2) is 5.52. The van der Waals surface area contributed by atoms with E-state index in [4.69, 9.17) is 11.6 Å². The lowest BCUT2D eigenvalue weighted by Gasteiger charge is -2.11. The van der Waals surface area contributed by atoms with E-state index >= 15 is 0 Å². The predicted molar refractivity (Wildman–Crippen MR) is 67.4 cm³/mol. The molecule has 82 valence electrons. The van der Waals surface area contributed by atoms with Gasteiger partial charge in [-0.15, -0.1) is 11.6 Å². The van der Waals surface area contributed by atoms with E-state index in [0.717, 1.165) is 15.7 Å². The molecule has 2 nitrogen and oxygen atoms in total. The standard InChI is InChI=1S/C11H13BrClNO/c1-7-4-3-5-9(10(7)12)14-11(15)8(2)6-13/h3-5,8H,6H2,1-2H3,(H,14,15). The Morgan fingerprint density at radius 1 is 1.60 bits per heavy atom. The second-order valence-corrected chi connectivity index (χ2v) is 4.58. The van der Waals surface area contributed by atoms with Crippen LogP contribution in [0, 0.1) is 12.8 Å². The van der Waals surface area contributed by atoms with E-state index in [9.17, 15) is 4.79 Å². The number of amides is 1. The molecule has 0 aliphatic heterocycles. The van der Waals surface area contributed by atoms with Crippen molar-refractivity contribution in [3.8, 4) is 0 Å². The Bertz CT molecular complexity index is 368. The van der Waals surface area contributed by atoms with Crippen LogP contribution < -0.4 is 5.32 Å². The average molecular weight is 291 g/mol. The molecule has 0 saturated carbocycles. The van der Waals surface area contributed by atoms with Crippen molar-refractivity contribution in [3.63, 3.8) is 0 Å². The van der Waals surface area contributed by atoms with Crippen molar-refractivity contribution in [2.24, 2.45) is 5.92 Å². The van der Waals surface area contributed by atoms with Gasteiger partial charge in [0.1, 0.15) is 0 Å². The highest BCUT2D eigenvalue weighted by molar-refractivity contribution is 9.10. The normalized spacial score (nSPS) is 12.3. The lowest BCUT2D eigenvalue weighted by Crippen LogP contribution is -2.21. The van der Waals surface area contributed by atoms with E-state index in [1.165, 1.54) is 0 Å². The zero-order valence-corrected chi connectivity index (χ0v) is 11.0. The molecule has 1 rings (SSSR count). The van der Waals surface area contributed by atoms with Gasteiger partial charge in [0.25, 0.3) is 0 Å². The van der Waals surface area contributed by atoms with Crippen molar-refractivity contribution in [3.05, 3.63) is 28.2 Å². The third kappa shape index (κ3) is 3.21. The number of alkyl halides is 1. The van der Waals surface area contributed by atoms with Crippen LogP contribution in [0.15, 0.2) is 22.7 Å². The van der Waals surface area contributed by atoms with Crippen molar-refractivity contribution < 1.29 is 4.79 Å². The highest BCUT2D eigenvalue weighted by Gasteiger charge is 2.13. The minimum atomic E-state index is -0.181.